The summed E-state index contributed by atoms with van der Waals surface area (Å²) in [6, 6.07) is 29.7. The molecule has 164 valence electrons. The maximum absolute atomic E-state index is 9.75. The Kier molecular flexibility index (Phi) is 7.97. The first-order valence-corrected chi connectivity index (χ1v) is 11.6. The highest BCUT2D eigenvalue weighted by molar-refractivity contribution is 7.54. The molecule has 0 aliphatic carbocycles. The Morgan fingerprint density at radius 3 is 1.48 bits per heavy atom. The third-order valence-corrected chi connectivity index (χ3v) is 8.21. The molecule has 0 radical (unpaired) electrons. The lowest BCUT2D eigenvalue weighted by molar-refractivity contribution is 0.368. The zero-order valence-electron chi connectivity index (χ0n) is 17.1. The summed E-state index contributed by atoms with van der Waals surface area (Å²) in [5.74, 6) is 1.68. The summed E-state index contributed by atoms with van der Waals surface area (Å²) in [7, 11) is -5.45. The molecule has 1 fully saturated rings. The van der Waals surface area contributed by atoms with Crippen molar-refractivity contribution < 1.29 is 26.5 Å². The smallest absolute Gasteiger partial charge is 0.493 e. The number of ether oxygens (including phenoxy) is 1. The molecule has 1 saturated heterocycles. The Hall–Kier alpha value is -2.53. The van der Waals surface area contributed by atoms with Crippen LogP contribution < -0.4 is 9.26 Å². The first kappa shape index (κ1) is 23.1. The first-order chi connectivity index (χ1) is 14.9. The summed E-state index contributed by atoms with van der Waals surface area (Å²) in [4.78, 5) is 0. The highest BCUT2D eigenvalue weighted by atomic mass is 31.1. The highest BCUT2D eigenvalue weighted by Crippen LogP contribution is 2.70. The van der Waals surface area contributed by atoms with E-state index in [0.717, 1.165) is 11.5 Å². The second-order valence-electron chi connectivity index (χ2n) is 7.15. The molecule has 0 bridgehead atoms. The van der Waals surface area contributed by atoms with Crippen molar-refractivity contribution >= 4 is 15.4 Å². The van der Waals surface area contributed by atoms with Gasteiger partial charge in [-0.2, -0.15) is 0 Å². The Labute approximate surface area is 181 Å². The van der Waals surface area contributed by atoms with E-state index in [1.54, 1.807) is 7.11 Å². The van der Waals surface area contributed by atoms with E-state index < -0.39 is 15.4 Å². The van der Waals surface area contributed by atoms with E-state index >= 15 is 0 Å². The van der Waals surface area contributed by atoms with E-state index in [1.807, 2.05) is 24.3 Å². The predicted octanol–water partition coefficient (Wildman–Crippen LogP) is 7.78. The minimum Gasteiger partial charge on any atom is -0.493 e. The van der Waals surface area contributed by atoms with Crippen molar-refractivity contribution in [2.24, 2.45) is 0 Å². The average Bonchev–Trinajstić information content (AvgIpc) is 3.18. The lowest BCUT2D eigenvalue weighted by Gasteiger charge is -2.20. The fraction of sp³-hybridized carbons (Fsp3) is 0.217. The number of hydrogen-bond acceptors (Lipinski definition) is 2. The third-order valence-electron chi connectivity index (χ3n) is 5.13. The normalized spacial score (nSPS) is 18.7. The van der Waals surface area contributed by atoms with Gasteiger partial charge in [-0.3, -0.25) is 0 Å². The third kappa shape index (κ3) is 6.73. The molecule has 2 nitrogen and oxygen atoms in total. The molecule has 31 heavy (non-hydrogen) atoms. The number of methoxy groups -OCH3 is 1. The fourth-order valence-corrected chi connectivity index (χ4v) is 7.00. The van der Waals surface area contributed by atoms with Crippen LogP contribution in [0.25, 0.3) is 0 Å². The summed E-state index contributed by atoms with van der Waals surface area (Å²) in [6.45, 7) is 0. The minimum atomic E-state index is -6.00. The van der Waals surface area contributed by atoms with Gasteiger partial charge in [-0.05, 0) is 36.1 Å². The van der Waals surface area contributed by atoms with Crippen LogP contribution in [0.3, 0.4) is 0 Å². The number of para-hydroxylation sites is 2. The molecule has 1 heterocycles. The van der Waals surface area contributed by atoms with Gasteiger partial charge in [-0.1, -0.05) is 72.8 Å². The summed E-state index contributed by atoms with van der Waals surface area (Å²) >= 11 is 0. The van der Waals surface area contributed by atoms with Crippen LogP contribution in [0.1, 0.15) is 35.3 Å². The lowest BCUT2D eigenvalue weighted by atomic mass is 10.0. The van der Waals surface area contributed by atoms with E-state index in [2.05, 4.69) is 60.7 Å². The Bertz CT molecular complexity index is 888. The number of benzene rings is 3. The Morgan fingerprint density at radius 1 is 0.677 bits per heavy atom. The van der Waals surface area contributed by atoms with Gasteiger partial charge in [0.05, 0.1) is 7.11 Å². The van der Waals surface area contributed by atoms with Crippen LogP contribution in [0.15, 0.2) is 84.9 Å². The second kappa shape index (κ2) is 10.7. The molecule has 1 aliphatic heterocycles. The molecule has 0 unspecified atom stereocenters. The molecule has 3 aromatic rings. The molecule has 8 heteroatoms. The number of hydrogen-bond donors (Lipinski definition) is 0. The van der Waals surface area contributed by atoms with Crippen LogP contribution in [-0.2, 0) is 0 Å². The van der Waals surface area contributed by atoms with Gasteiger partial charge in [-0.15, -0.1) is 0 Å². The van der Waals surface area contributed by atoms with Crippen molar-refractivity contribution in [1.82, 2.24) is 0 Å². The molecule has 3 aromatic carbocycles. The summed E-state index contributed by atoms with van der Waals surface area (Å²) in [5, 5.41) is 0. The minimum absolute atomic E-state index is 0.483. The van der Waals surface area contributed by atoms with Gasteiger partial charge in [0.15, 0.2) is 13.9 Å². The molecule has 0 spiro atoms. The van der Waals surface area contributed by atoms with Crippen molar-refractivity contribution in [3.63, 3.8) is 0 Å². The Morgan fingerprint density at radius 2 is 1.06 bits per heavy atom. The summed E-state index contributed by atoms with van der Waals surface area (Å²) < 4.78 is 51.2. The van der Waals surface area contributed by atoms with Crippen molar-refractivity contribution in [2.45, 2.75) is 24.2 Å². The average molecular weight is 450 g/mol. The SMILES string of the molecule is COc1ccccc1O[PH+]1[C@H](c2ccccc2)CC[C@H]1c1ccccc1.F[B-](F)(F)F. The van der Waals surface area contributed by atoms with E-state index in [9.17, 15) is 17.3 Å². The van der Waals surface area contributed by atoms with E-state index in [0.29, 0.717) is 11.3 Å². The quantitative estimate of drug-likeness (QED) is 0.225. The van der Waals surface area contributed by atoms with Gasteiger partial charge in [0.25, 0.3) is 0 Å². The van der Waals surface area contributed by atoms with Gasteiger partial charge in [0.2, 0.25) is 5.75 Å². The summed E-state index contributed by atoms with van der Waals surface area (Å²) in [6.07, 6.45) is 2.35. The molecular weight excluding hydrogens is 426 g/mol. The van der Waals surface area contributed by atoms with E-state index in [4.69, 9.17) is 9.26 Å². The maximum Gasteiger partial charge on any atom is 0.673 e. The van der Waals surface area contributed by atoms with E-state index in [-0.39, 0.29) is 0 Å². The predicted molar refractivity (Wildman–Crippen MR) is 120 cm³/mol. The van der Waals surface area contributed by atoms with Crippen molar-refractivity contribution in [1.29, 1.82) is 0 Å². The van der Waals surface area contributed by atoms with Crippen LogP contribution in [-0.4, -0.2) is 14.4 Å². The van der Waals surface area contributed by atoms with Gasteiger partial charge < -0.3 is 26.5 Å². The Balaban J connectivity index is 0.000000491. The molecule has 1 aliphatic rings. The standard InChI is InChI=1S/C23H23O2P.BF4/c1-24-20-14-8-9-15-21(20)25-26-22(18-10-4-2-5-11-18)16-17-23(26)19-12-6-3-7-13-19;2-1(3,4)5/h2-15,22-23H,16-17H2,1H3;/q;-1/p+1/t22-,23-;/m0./s1. The molecule has 2 atom stereocenters. The highest BCUT2D eigenvalue weighted by Gasteiger charge is 2.47. The molecule has 4 rings (SSSR count). The van der Waals surface area contributed by atoms with Crippen LogP contribution in [0, 0.1) is 0 Å². The number of halogens is 4. The lowest BCUT2D eigenvalue weighted by Crippen LogP contribution is -2.02. The fourth-order valence-electron chi connectivity index (χ4n) is 3.87. The van der Waals surface area contributed by atoms with Gasteiger partial charge in [-0.25, -0.2) is 0 Å². The molecule has 0 N–H and O–H groups in total. The van der Waals surface area contributed by atoms with Crippen LogP contribution in [0.2, 0.25) is 0 Å². The van der Waals surface area contributed by atoms with Crippen LogP contribution in [0.4, 0.5) is 17.3 Å². The van der Waals surface area contributed by atoms with Crippen LogP contribution >= 0.6 is 8.15 Å². The van der Waals surface area contributed by atoms with Gasteiger partial charge in [0.1, 0.15) is 11.3 Å². The van der Waals surface area contributed by atoms with Gasteiger partial charge in [0, 0.05) is 0 Å². The van der Waals surface area contributed by atoms with Crippen LogP contribution in [0.5, 0.6) is 11.5 Å². The van der Waals surface area contributed by atoms with E-state index in [1.165, 1.54) is 24.0 Å². The molecule has 0 amide bonds. The maximum atomic E-state index is 9.75. The zero-order valence-corrected chi connectivity index (χ0v) is 18.1. The first-order valence-electron chi connectivity index (χ1n) is 10.0. The summed E-state index contributed by atoms with van der Waals surface area (Å²) in [5.41, 5.74) is 3.76. The molecule has 0 saturated carbocycles. The zero-order chi connectivity index (χ0) is 22.3. The second-order valence-corrected chi connectivity index (χ2v) is 9.56. The monoisotopic (exact) mass is 450 g/mol. The largest absolute Gasteiger partial charge is 0.673 e. The van der Waals surface area contributed by atoms with Crippen molar-refractivity contribution in [3.05, 3.63) is 96.1 Å². The molecular formula is C23H24BF4O2P. The van der Waals surface area contributed by atoms with Crippen molar-refractivity contribution in [2.75, 3.05) is 7.11 Å². The topological polar surface area (TPSA) is 18.5 Å². The molecule has 0 aromatic heterocycles. The van der Waals surface area contributed by atoms with Gasteiger partial charge >= 0.3 is 7.25 Å². The van der Waals surface area contributed by atoms with Crippen molar-refractivity contribution in [3.8, 4) is 11.5 Å². The number of rotatable bonds is 5.